The molecule has 0 radical (unpaired) electrons. The first-order chi connectivity index (χ1) is 15.6. The van der Waals surface area contributed by atoms with Crippen LogP contribution < -0.4 is 14.9 Å². The third kappa shape index (κ3) is 5.38. The van der Waals surface area contributed by atoms with Crippen molar-refractivity contribution in [2.75, 3.05) is 18.6 Å². The van der Waals surface area contributed by atoms with E-state index >= 15 is 0 Å². The summed E-state index contributed by atoms with van der Waals surface area (Å²) >= 11 is 1.47. The van der Waals surface area contributed by atoms with Gasteiger partial charge in [-0.3, -0.25) is 15.5 Å². The SMILES string of the molecule is Cc1ccc(OCCOc2ccc([N+](=O)[O-])cc2/C=N\Nc2nc3ccccc3s2)cc1. The monoisotopic (exact) mass is 448 g/mol. The van der Waals surface area contributed by atoms with Crippen LogP contribution in [0.3, 0.4) is 0 Å². The van der Waals surface area contributed by atoms with E-state index in [1.165, 1.54) is 29.7 Å². The molecule has 0 saturated carbocycles. The van der Waals surface area contributed by atoms with Gasteiger partial charge in [0.15, 0.2) is 0 Å². The molecule has 0 amide bonds. The Labute approximate surface area is 188 Å². The standard InChI is InChI=1S/C23H20N4O4S/c1-16-6-9-19(10-7-16)30-12-13-31-21-11-8-18(27(28)29)14-17(21)15-24-26-23-25-20-4-2-3-5-22(20)32-23/h2-11,14-15H,12-13H2,1H3,(H,25,26)/b24-15-. The lowest BCUT2D eigenvalue weighted by atomic mass is 10.2. The predicted octanol–water partition coefficient (Wildman–Crippen LogP) is 5.42. The summed E-state index contributed by atoms with van der Waals surface area (Å²) in [7, 11) is 0. The van der Waals surface area contributed by atoms with E-state index in [1.807, 2.05) is 55.5 Å². The van der Waals surface area contributed by atoms with Crippen LogP contribution in [-0.4, -0.2) is 29.3 Å². The Morgan fingerprint density at radius 3 is 2.66 bits per heavy atom. The lowest BCUT2D eigenvalue weighted by molar-refractivity contribution is -0.384. The van der Waals surface area contributed by atoms with Crippen molar-refractivity contribution in [2.45, 2.75) is 6.92 Å². The molecule has 0 fully saturated rings. The van der Waals surface area contributed by atoms with Crippen LogP contribution in [-0.2, 0) is 0 Å². The summed E-state index contributed by atoms with van der Waals surface area (Å²) in [4.78, 5) is 15.2. The minimum absolute atomic E-state index is 0.0466. The largest absolute Gasteiger partial charge is 0.490 e. The number of nitro groups is 1. The van der Waals surface area contributed by atoms with E-state index in [1.54, 1.807) is 6.07 Å². The summed E-state index contributed by atoms with van der Waals surface area (Å²) in [6.45, 7) is 2.62. The molecule has 32 heavy (non-hydrogen) atoms. The van der Waals surface area contributed by atoms with Crippen molar-refractivity contribution in [3.8, 4) is 11.5 Å². The van der Waals surface area contributed by atoms with Crippen molar-refractivity contribution < 1.29 is 14.4 Å². The van der Waals surface area contributed by atoms with Gasteiger partial charge in [0, 0.05) is 17.7 Å². The Hall–Kier alpha value is -3.98. The zero-order valence-corrected chi connectivity index (χ0v) is 18.0. The van der Waals surface area contributed by atoms with Crippen LogP contribution in [0, 0.1) is 17.0 Å². The van der Waals surface area contributed by atoms with E-state index in [-0.39, 0.29) is 12.3 Å². The minimum atomic E-state index is -0.456. The van der Waals surface area contributed by atoms with Crippen molar-refractivity contribution in [3.05, 3.63) is 88.0 Å². The number of nitro benzene ring substituents is 1. The summed E-state index contributed by atoms with van der Waals surface area (Å²) in [6, 6.07) is 19.9. The first-order valence-corrected chi connectivity index (χ1v) is 10.7. The first-order valence-electron chi connectivity index (χ1n) is 9.84. The third-order valence-electron chi connectivity index (χ3n) is 4.49. The molecule has 8 nitrogen and oxygen atoms in total. The molecule has 4 rings (SSSR count). The van der Waals surface area contributed by atoms with E-state index in [0.717, 1.165) is 21.5 Å². The molecule has 0 unspecified atom stereocenters. The van der Waals surface area contributed by atoms with Crippen LogP contribution in [0.4, 0.5) is 10.8 Å². The van der Waals surface area contributed by atoms with Gasteiger partial charge in [-0.1, -0.05) is 41.2 Å². The van der Waals surface area contributed by atoms with Crippen molar-refractivity contribution in [2.24, 2.45) is 5.10 Å². The average Bonchev–Trinajstić information content (AvgIpc) is 3.21. The zero-order chi connectivity index (χ0) is 22.3. The molecule has 0 aliphatic heterocycles. The molecule has 1 N–H and O–H groups in total. The number of ether oxygens (including phenoxy) is 2. The molecular weight excluding hydrogens is 428 g/mol. The van der Waals surface area contributed by atoms with Gasteiger partial charge in [-0.2, -0.15) is 5.10 Å². The molecule has 0 saturated heterocycles. The number of aryl methyl sites for hydroxylation is 1. The van der Waals surface area contributed by atoms with Crippen LogP contribution >= 0.6 is 11.3 Å². The maximum absolute atomic E-state index is 11.2. The normalized spacial score (nSPS) is 11.0. The molecule has 0 aliphatic carbocycles. The fourth-order valence-electron chi connectivity index (χ4n) is 2.90. The van der Waals surface area contributed by atoms with Crippen molar-refractivity contribution in [1.29, 1.82) is 0 Å². The number of nitrogens with one attached hydrogen (secondary N) is 1. The minimum Gasteiger partial charge on any atom is -0.490 e. The number of para-hydroxylation sites is 1. The molecule has 0 bridgehead atoms. The molecule has 0 aliphatic rings. The van der Waals surface area contributed by atoms with Crippen molar-refractivity contribution in [1.82, 2.24) is 4.98 Å². The maximum Gasteiger partial charge on any atom is 0.270 e. The Balaban J connectivity index is 1.41. The summed E-state index contributed by atoms with van der Waals surface area (Å²) in [6.07, 6.45) is 1.48. The van der Waals surface area contributed by atoms with Gasteiger partial charge in [0.05, 0.1) is 21.4 Å². The Bertz CT molecular complexity index is 1220. The molecule has 4 aromatic rings. The van der Waals surface area contributed by atoms with E-state index in [0.29, 0.717) is 23.1 Å². The molecule has 0 spiro atoms. The second-order valence-electron chi connectivity index (χ2n) is 6.85. The summed E-state index contributed by atoms with van der Waals surface area (Å²) in [5.41, 5.74) is 5.34. The zero-order valence-electron chi connectivity index (χ0n) is 17.2. The highest BCUT2D eigenvalue weighted by atomic mass is 32.1. The molecule has 1 aromatic heterocycles. The molecule has 3 aromatic carbocycles. The third-order valence-corrected chi connectivity index (χ3v) is 5.43. The number of thiazole rings is 1. The van der Waals surface area contributed by atoms with Crippen molar-refractivity contribution in [3.63, 3.8) is 0 Å². The predicted molar refractivity (Wildman–Crippen MR) is 126 cm³/mol. The van der Waals surface area contributed by atoms with Gasteiger partial charge in [-0.15, -0.1) is 0 Å². The van der Waals surface area contributed by atoms with Crippen LogP contribution in [0.2, 0.25) is 0 Å². The van der Waals surface area contributed by atoms with Crippen LogP contribution in [0.15, 0.2) is 71.8 Å². The van der Waals surface area contributed by atoms with Gasteiger partial charge in [-0.05, 0) is 37.3 Å². The number of hydrogen-bond acceptors (Lipinski definition) is 8. The summed E-state index contributed by atoms with van der Waals surface area (Å²) < 4.78 is 12.5. The number of nitrogens with zero attached hydrogens (tertiary/aromatic N) is 3. The topological polar surface area (TPSA) is 98.9 Å². The number of anilines is 1. The van der Waals surface area contributed by atoms with Crippen LogP contribution in [0.5, 0.6) is 11.5 Å². The van der Waals surface area contributed by atoms with Gasteiger partial charge in [0.2, 0.25) is 5.13 Å². The summed E-state index contributed by atoms with van der Waals surface area (Å²) in [5, 5.41) is 16.0. The quantitative estimate of drug-likeness (QED) is 0.159. The highest BCUT2D eigenvalue weighted by molar-refractivity contribution is 7.22. The molecule has 162 valence electrons. The van der Waals surface area contributed by atoms with E-state index in [9.17, 15) is 10.1 Å². The molecular formula is C23H20N4O4S. The Kier molecular flexibility index (Phi) is 6.57. The van der Waals surface area contributed by atoms with Gasteiger partial charge < -0.3 is 9.47 Å². The van der Waals surface area contributed by atoms with Gasteiger partial charge in [0.1, 0.15) is 24.7 Å². The lowest BCUT2D eigenvalue weighted by Gasteiger charge is -2.10. The fraction of sp³-hybridized carbons (Fsp3) is 0.130. The lowest BCUT2D eigenvalue weighted by Crippen LogP contribution is -2.10. The maximum atomic E-state index is 11.2. The number of benzene rings is 3. The number of aromatic nitrogens is 1. The number of hydrogen-bond donors (Lipinski definition) is 1. The van der Waals surface area contributed by atoms with E-state index in [2.05, 4.69) is 15.5 Å². The smallest absolute Gasteiger partial charge is 0.270 e. The Morgan fingerprint density at radius 2 is 1.88 bits per heavy atom. The number of fused-ring (bicyclic) bond motifs is 1. The second kappa shape index (κ2) is 9.88. The van der Waals surface area contributed by atoms with E-state index in [4.69, 9.17) is 9.47 Å². The molecule has 0 atom stereocenters. The second-order valence-corrected chi connectivity index (χ2v) is 7.88. The fourth-order valence-corrected chi connectivity index (χ4v) is 3.72. The highest BCUT2D eigenvalue weighted by Crippen LogP contribution is 2.26. The van der Waals surface area contributed by atoms with Gasteiger partial charge in [-0.25, -0.2) is 4.98 Å². The molecule has 9 heteroatoms. The number of non-ortho nitro benzene ring substituents is 1. The Morgan fingerprint density at radius 1 is 1.09 bits per heavy atom. The number of rotatable bonds is 9. The van der Waals surface area contributed by atoms with Gasteiger partial charge in [0.25, 0.3) is 5.69 Å². The first kappa shape index (κ1) is 21.3. The highest BCUT2D eigenvalue weighted by Gasteiger charge is 2.11. The van der Waals surface area contributed by atoms with Crippen LogP contribution in [0.1, 0.15) is 11.1 Å². The average molecular weight is 449 g/mol. The van der Waals surface area contributed by atoms with Crippen molar-refractivity contribution >= 4 is 38.6 Å². The van der Waals surface area contributed by atoms with E-state index < -0.39 is 4.92 Å². The van der Waals surface area contributed by atoms with Crippen LogP contribution in [0.25, 0.3) is 10.2 Å². The number of hydrazone groups is 1. The van der Waals surface area contributed by atoms with Gasteiger partial charge >= 0.3 is 0 Å². The molecule has 1 heterocycles. The summed E-state index contributed by atoms with van der Waals surface area (Å²) in [5.74, 6) is 1.22.